The number of halogens is 1. The summed E-state index contributed by atoms with van der Waals surface area (Å²) in [6.45, 7) is 2.25. The van der Waals surface area contributed by atoms with Crippen LogP contribution in [0.25, 0.3) is 0 Å². The van der Waals surface area contributed by atoms with Crippen LogP contribution in [0, 0.1) is 0 Å². The van der Waals surface area contributed by atoms with Gasteiger partial charge in [-0.25, -0.2) is 4.79 Å². The summed E-state index contributed by atoms with van der Waals surface area (Å²) in [5, 5.41) is 18.3. The molecule has 5 heteroatoms. The number of hydrogen-bond donors (Lipinski definition) is 2. The minimum Gasteiger partial charge on any atom is -0.506 e. The summed E-state index contributed by atoms with van der Waals surface area (Å²) in [6.07, 6.45) is -0.312. The van der Waals surface area contributed by atoms with E-state index in [1.54, 1.807) is 0 Å². The SMILES string of the molecule is CCCOC(C(=O)O)c1ccc(O)c(Cl)c1. The second kappa shape index (κ2) is 5.72. The van der Waals surface area contributed by atoms with Gasteiger partial charge in [-0.05, 0) is 24.1 Å². The molecule has 0 aliphatic carbocycles. The summed E-state index contributed by atoms with van der Waals surface area (Å²) in [7, 11) is 0. The maximum atomic E-state index is 11.0. The number of carbonyl (C=O) groups is 1. The Balaban J connectivity index is 2.92. The van der Waals surface area contributed by atoms with Gasteiger partial charge < -0.3 is 14.9 Å². The van der Waals surface area contributed by atoms with Crippen molar-refractivity contribution >= 4 is 17.6 Å². The topological polar surface area (TPSA) is 66.8 Å². The Labute approximate surface area is 98.4 Å². The number of aliphatic carboxylic acids is 1. The molecule has 0 aliphatic heterocycles. The Morgan fingerprint density at radius 2 is 2.25 bits per heavy atom. The van der Waals surface area contributed by atoms with Crippen LogP contribution in [0.1, 0.15) is 25.0 Å². The minimum atomic E-state index is -1.07. The van der Waals surface area contributed by atoms with Crippen molar-refractivity contribution in [2.45, 2.75) is 19.4 Å². The van der Waals surface area contributed by atoms with Crippen LogP contribution in [0.3, 0.4) is 0 Å². The van der Waals surface area contributed by atoms with Crippen LogP contribution in [0.15, 0.2) is 18.2 Å². The van der Waals surface area contributed by atoms with E-state index in [9.17, 15) is 9.90 Å². The standard InChI is InChI=1S/C11H13ClO4/c1-2-5-16-10(11(14)15)7-3-4-9(13)8(12)6-7/h3-4,6,10,13H,2,5H2,1H3,(H,14,15). The van der Waals surface area contributed by atoms with Crippen molar-refractivity contribution in [3.05, 3.63) is 28.8 Å². The third-order valence-corrected chi connectivity index (χ3v) is 2.29. The van der Waals surface area contributed by atoms with Crippen molar-refractivity contribution in [3.63, 3.8) is 0 Å². The molecule has 1 aromatic rings. The smallest absolute Gasteiger partial charge is 0.337 e. The highest BCUT2D eigenvalue weighted by Gasteiger charge is 2.20. The first-order chi connectivity index (χ1) is 7.56. The molecule has 0 aliphatic rings. The summed E-state index contributed by atoms with van der Waals surface area (Å²) >= 11 is 5.70. The fraction of sp³-hybridized carbons (Fsp3) is 0.364. The molecule has 0 saturated carbocycles. The summed E-state index contributed by atoms with van der Waals surface area (Å²) in [5.41, 5.74) is 0.420. The molecule has 0 fully saturated rings. The van der Waals surface area contributed by atoms with Gasteiger partial charge in [-0.2, -0.15) is 0 Å². The fourth-order valence-corrected chi connectivity index (χ4v) is 1.42. The highest BCUT2D eigenvalue weighted by atomic mass is 35.5. The third kappa shape index (κ3) is 3.12. The Hall–Kier alpha value is -1.26. The molecule has 1 atom stereocenters. The molecule has 2 N–H and O–H groups in total. The highest BCUT2D eigenvalue weighted by molar-refractivity contribution is 6.32. The molecule has 16 heavy (non-hydrogen) atoms. The number of phenols is 1. The minimum absolute atomic E-state index is 0.0787. The fourth-order valence-electron chi connectivity index (χ4n) is 1.23. The van der Waals surface area contributed by atoms with Crippen molar-refractivity contribution in [1.82, 2.24) is 0 Å². The zero-order valence-electron chi connectivity index (χ0n) is 8.81. The number of hydrogen-bond acceptors (Lipinski definition) is 3. The lowest BCUT2D eigenvalue weighted by Crippen LogP contribution is -2.15. The zero-order valence-corrected chi connectivity index (χ0v) is 9.57. The molecule has 0 spiro atoms. The van der Waals surface area contributed by atoms with E-state index >= 15 is 0 Å². The molecular weight excluding hydrogens is 232 g/mol. The van der Waals surface area contributed by atoms with Gasteiger partial charge in [-0.1, -0.05) is 24.6 Å². The maximum absolute atomic E-state index is 11.0. The lowest BCUT2D eigenvalue weighted by atomic mass is 10.1. The van der Waals surface area contributed by atoms with Gasteiger partial charge in [-0.3, -0.25) is 0 Å². The molecule has 1 unspecified atom stereocenters. The van der Waals surface area contributed by atoms with Crippen molar-refractivity contribution in [2.24, 2.45) is 0 Å². The number of phenolic OH excluding ortho intramolecular Hbond substituents is 1. The number of carboxylic acids is 1. The quantitative estimate of drug-likeness (QED) is 0.836. The average Bonchev–Trinajstić information content (AvgIpc) is 2.23. The van der Waals surface area contributed by atoms with E-state index in [-0.39, 0.29) is 10.8 Å². The number of aromatic hydroxyl groups is 1. The van der Waals surface area contributed by atoms with E-state index < -0.39 is 12.1 Å². The number of rotatable bonds is 5. The lowest BCUT2D eigenvalue weighted by Gasteiger charge is -2.13. The van der Waals surface area contributed by atoms with E-state index in [4.69, 9.17) is 21.4 Å². The van der Waals surface area contributed by atoms with Gasteiger partial charge in [0.25, 0.3) is 0 Å². The number of ether oxygens (including phenoxy) is 1. The largest absolute Gasteiger partial charge is 0.506 e. The molecular formula is C11H13ClO4. The molecule has 4 nitrogen and oxygen atoms in total. The predicted octanol–water partition coefficient (Wildman–Crippen LogP) is 2.60. The van der Waals surface area contributed by atoms with E-state index in [0.717, 1.165) is 6.42 Å². The van der Waals surface area contributed by atoms with Gasteiger partial charge in [0, 0.05) is 6.61 Å². The second-order valence-electron chi connectivity index (χ2n) is 3.30. The van der Waals surface area contributed by atoms with E-state index in [1.807, 2.05) is 6.92 Å². The molecule has 1 rings (SSSR count). The summed E-state index contributed by atoms with van der Waals surface area (Å²) < 4.78 is 5.19. The van der Waals surface area contributed by atoms with Crippen LogP contribution in [-0.4, -0.2) is 22.8 Å². The predicted molar refractivity (Wildman–Crippen MR) is 59.7 cm³/mol. The van der Waals surface area contributed by atoms with E-state index in [2.05, 4.69) is 0 Å². The molecule has 0 saturated heterocycles. The first kappa shape index (κ1) is 12.8. The van der Waals surface area contributed by atoms with Crippen LogP contribution in [0.2, 0.25) is 5.02 Å². The molecule has 1 aromatic carbocycles. The van der Waals surface area contributed by atoms with Gasteiger partial charge in [0.2, 0.25) is 0 Å². The average molecular weight is 245 g/mol. The summed E-state index contributed by atoms with van der Waals surface area (Å²) in [6, 6.07) is 4.23. The van der Waals surface area contributed by atoms with E-state index in [1.165, 1.54) is 18.2 Å². The number of benzene rings is 1. The Morgan fingerprint density at radius 3 is 2.75 bits per heavy atom. The molecule has 0 heterocycles. The lowest BCUT2D eigenvalue weighted by molar-refractivity contribution is -0.150. The van der Waals surface area contributed by atoms with Crippen LogP contribution >= 0.6 is 11.6 Å². The molecule has 0 amide bonds. The van der Waals surface area contributed by atoms with Crippen LogP contribution in [0.5, 0.6) is 5.75 Å². The van der Waals surface area contributed by atoms with E-state index in [0.29, 0.717) is 12.2 Å². The normalized spacial score (nSPS) is 12.4. The van der Waals surface area contributed by atoms with Crippen LogP contribution in [-0.2, 0) is 9.53 Å². The molecule has 0 radical (unpaired) electrons. The second-order valence-corrected chi connectivity index (χ2v) is 3.71. The molecule has 0 aromatic heterocycles. The maximum Gasteiger partial charge on any atom is 0.337 e. The van der Waals surface area contributed by atoms with Gasteiger partial charge in [0.1, 0.15) is 5.75 Å². The van der Waals surface area contributed by atoms with Gasteiger partial charge in [-0.15, -0.1) is 0 Å². The van der Waals surface area contributed by atoms with Crippen molar-refractivity contribution in [2.75, 3.05) is 6.61 Å². The van der Waals surface area contributed by atoms with Crippen molar-refractivity contribution < 1.29 is 19.7 Å². The summed E-state index contributed by atoms with van der Waals surface area (Å²) in [5.74, 6) is -1.15. The van der Waals surface area contributed by atoms with Crippen LogP contribution < -0.4 is 0 Å². The first-order valence-electron chi connectivity index (χ1n) is 4.89. The van der Waals surface area contributed by atoms with Crippen molar-refractivity contribution in [1.29, 1.82) is 0 Å². The monoisotopic (exact) mass is 244 g/mol. The Kier molecular flexibility index (Phi) is 4.58. The first-order valence-corrected chi connectivity index (χ1v) is 5.27. The molecule has 88 valence electrons. The Morgan fingerprint density at radius 1 is 1.56 bits per heavy atom. The third-order valence-electron chi connectivity index (χ3n) is 1.99. The molecule has 0 bridgehead atoms. The van der Waals surface area contributed by atoms with Crippen molar-refractivity contribution in [3.8, 4) is 5.75 Å². The Bertz CT molecular complexity index is 378. The highest BCUT2D eigenvalue weighted by Crippen LogP contribution is 2.28. The number of carboxylic acid groups (broad SMARTS) is 1. The van der Waals surface area contributed by atoms with Gasteiger partial charge >= 0.3 is 5.97 Å². The van der Waals surface area contributed by atoms with Crippen LogP contribution in [0.4, 0.5) is 0 Å². The zero-order chi connectivity index (χ0) is 12.1. The van der Waals surface area contributed by atoms with Gasteiger partial charge in [0.05, 0.1) is 5.02 Å². The van der Waals surface area contributed by atoms with Gasteiger partial charge in [0.15, 0.2) is 6.10 Å². The summed E-state index contributed by atoms with van der Waals surface area (Å²) in [4.78, 5) is 11.0.